The Morgan fingerprint density at radius 1 is 1.20 bits per heavy atom. The smallest absolute Gasteiger partial charge is 0.257 e. The zero-order valence-corrected chi connectivity index (χ0v) is 11.7. The van der Waals surface area contributed by atoms with Crippen LogP contribution in [0.3, 0.4) is 0 Å². The molecule has 1 aliphatic heterocycles. The molecule has 0 radical (unpaired) electrons. The van der Waals surface area contributed by atoms with Crippen LogP contribution in [-0.4, -0.2) is 34.9 Å². The highest BCUT2D eigenvalue weighted by molar-refractivity contribution is 5.98. The normalized spacial score (nSPS) is 19.3. The van der Waals surface area contributed by atoms with E-state index in [0.29, 0.717) is 11.6 Å². The van der Waals surface area contributed by atoms with E-state index in [9.17, 15) is 4.79 Å². The van der Waals surface area contributed by atoms with Gasteiger partial charge in [0.25, 0.3) is 5.91 Å². The summed E-state index contributed by atoms with van der Waals surface area (Å²) in [7, 11) is 0. The number of carbonyl (C=O) groups excluding carboxylic acids is 1. The van der Waals surface area contributed by atoms with Gasteiger partial charge >= 0.3 is 0 Å². The van der Waals surface area contributed by atoms with E-state index in [0.717, 1.165) is 44.6 Å². The number of carbonyl (C=O) groups is 1. The number of nitrogens with one attached hydrogen (secondary N) is 1. The van der Waals surface area contributed by atoms with Crippen molar-refractivity contribution in [1.29, 1.82) is 0 Å². The van der Waals surface area contributed by atoms with Crippen LogP contribution in [0.5, 0.6) is 0 Å². The summed E-state index contributed by atoms with van der Waals surface area (Å²) in [6.07, 6.45) is 11.6. The van der Waals surface area contributed by atoms with E-state index < -0.39 is 0 Å². The second-order valence-corrected chi connectivity index (χ2v) is 5.54. The molecule has 1 saturated heterocycles. The van der Waals surface area contributed by atoms with Crippen molar-refractivity contribution < 1.29 is 4.79 Å². The molecule has 4 nitrogen and oxygen atoms in total. The molecule has 2 aliphatic rings. The van der Waals surface area contributed by atoms with Crippen molar-refractivity contribution in [3.05, 3.63) is 36.0 Å². The first-order valence-corrected chi connectivity index (χ1v) is 7.50. The van der Waals surface area contributed by atoms with Crippen LogP contribution in [0.1, 0.15) is 42.5 Å². The summed E-state index contributed by atoms with van der Waals surface area (Å²) in [5.74, 6) is 0.850. The summed E-state index contributed by atoms with van der Waals surface area (Å²) in [6.45, 7) is 1.75. The van der Waals surface area contributed by atoms with E-state index in [-0.39, 0.29) is 5.91 Å². The zero-order chi connectivity index (χ0) is 13.8. The van der Waals surface area contributed by atoms with Gasteiger partial charge < -0.3 is 10.2 Å². The van der Waals surface area contributed by atoms with Crippen LogP contribution in [-0.2, 0) is 0 Å². The number of hydrogen-bond acceptors (Lipinski definition) is 3. The lowest BCUT2D eigenvalue weighted by Crippen LogP contribution is -2.36. The van der Waals surface area contributed by atoms with Crippen LogP contribution in [0.25, 0.3) is 0 Å². The number of rotatable bonds is 3. The van der Waals surface area contributed by atoms with Gasteiger partial charge in [-0.1, -0.05) is 12.2 Å². The van der Waals surface area contributed by atoms with Crippen LogP contribution < -0.4 is 5.32 Å². The van der Waals surface area contributed by atoms with Crippen LogP contribution in [0, 0.1) is 0 Å². The molecule has 3 rings (SSSR count). The maximum absolute atomic E-state index is 12.6. The molecule has 106 valence electrons. The quantitative estimate of drug-likeness (QED) is 0.860. The van der Waals surface area contributed by atoms with Crippen molar-refractivity contribution in [3.63, 3.8) is 0 Å². The molecule has 1 N–H and O–H groups in total. The van der Waals surface area contributed by atoms with E-state index in [1.807, 2.05) is 17.0 Å². The zero-order valence-electron chi connectivity index (χ0n) is 11.7. The number of amides is 1. The van der Waals surface area contributed by atoms with Crippen LogP contribution in [0.2, 0.25) is 0 Å². The number of piperidine rings is 1. The Kier molecular flexibility index (Phi) is 4.00. The molecule has 0 bridgehead atoms. The summed E-state index contributed by atoms with van der Waals surface area (Å²) in [6, 6.07) is 4.10. The van der Waals surface area contributed by atoms with Gasteiger partial charge in [0.2, 0.25) is 0 Å². The van der Waals surface area contributed by atoms with Gasteiger partial charge in [-0.05, 0) is 44.2 Å². The lowest BCUT2D eigenvalue weighted by atomic mass is 10.1. The maximum Gasteiger partial charge on any atom is 0.257 e. The Bertz CT molecular complexity index is 498. The van der Waals surface area contributed by atoms with Gasteiger partial charge in [0, 0.05) is 25.3 Å². The Balaban J connectivity index is 1.75. The molecule has 2 heterocycles. The van der Waals surface area contributed by atoms with Crippen molar-refractivity contribution in [3.8, 4) is 0 Å². The van der Waals surface area contributed by atoms with Gasteiger partial charge in [-0.3, -0.25) is 4.79 Å². The SMILES string of the molecule is O=C(c1cccnc1NC1CC=CC1)N1CCCCC1. The van der Waals surface area contributed by atoms with Gasteiger partial charge in [0.15, 0.2) is 0 Å². The van der Waals surface area contributed by atoms with E-state index >= 15 is 0 Å². The number of hydrogen-bond donors (Lipinski definition) is 1. The highest BCUT2D eigenvalue weighted by Gasteiger charge is 2.22. The monoisotopic (exact) mass is 271 g/mol. The molecule has 0 aromatic carbocycles. The van der Waals surface area contributed by atoms with Crippen molar-refractivity contribution in [2.45, 2.75) is 38.1 Å². The fraction of sp³-hybridized carbons (Fsp3) is 0.500. The molecule has 1 aliphatic carbocycles. The largest absolute Gasteiger partial charge is 0.366 e. The summed E-state index contributed by atoms with van der Waals surface area (Å²) in [4.78, 5) is 19.0. The lowest BCUT2D eigenvalue weighted by Gasteiger charge is -2.27. The molecule has 20 heavy (non-hydrogen) atoms. The predicted molar refractivity (Wildman–Crippen MR) is 79.8 cm³/mol. The van der Waals surface area contributed by atoms with Crippen LogP contribution >= 0.6 is 0 Å². The van der Waals surface area contributed by atoms with Gasteiger partial charge in [-0.25, -0.2) is 4.98 Å². The van der Waals surface area contributed by atoms with Gasteiger partial charge in [-0.2, -0.15) is 0 Å². The molecular formula is C16H21N3O. The van der Waals surface area contributed by atoms with Crippen LogP contribution in [0.15, 0.2) is 30.5 Å². The van der Waals surface area contributed by atoms with Gasteiger partial charge in [-0.15, -0.1) is 0 Å². The summed E-state index contributed by atoms with van der Waals surface area (Å²) in [5.41, 5.74) is 0.710. The van der Waals surface area contributed by atoms with Gasteiger partial charge in [0.05, 0.1) is 5.56 Å². The van der Waals surface area contributed by atoms with E-state index in [4.69, 9.17) is 0 Å². The average molecular weight is 271 g/mol. The molecule has 1 aromatic rings. The molecule has 1 amide bonds. The third kappa shape index (κ3) is 2.84. The predicted octanol–water partition coefficient (Wildman–Crippen LogP) is 2.84. The fourth-order valence-electron chi connectivity index (χ4n) is 2.89. The minimum Gasteiger partial charge on any atom is -0.366 e. The first kappa shape index (κ1) is 13.2. The molecule has 0 saturated carbocycles. The standard InChI is InChI=1S/C16H21N3O/c20-16(19-11-4-1-5-12-19)14-9-6-10-17-15(14)18-13-7-2-3-8-13/h2-3,6,9-10,13H,1,4-5,7-8,11-12H2,(H,17,18). The summed E-state index contributed by atoms with van der Waals surface area (Å²) >= 11 is 0. The molecule has 0 atom stereocenters. The van der Waals surface area contributed by atoms with Crippen LogP contribution in [0.4, 0.5) is 5.82 Å². The van der Waals surface area contributed by atoms with Crippen molar-refractivity contribution in [1.82, 2.24) is 9.88 Å². The number of likely N-dealkylation sites (tertiary alicyclic amines) is 1. The Hall–Kier alpha value is -1.84. The highest BCUT2D eigenvalue weighted by atomic mass is 16.2. The fourth-order valence-corrected chi connectivity index (χ4v) is 2.89. The summed E-state index contributed by atoms with van der Waals surface area (Å²) < 4.78 is 0. The number of pyridine rings is 1. The molecule has 4 heteroatoms. The molecule has 0 unspecified atom stereocenters. The molecular weight excluding hydrogens is 250 g/mol. The highest BCUT2D eigenvalue weighted by Crippen LogP contribution is 2.21. The van der Waals surface area contributed by atoms with Crippen molar-refractivity contribution >= 4 is 11.7 Å². The minimum atomic E-state index is 0.117. The minimum absolute atomic E-state index is 0.117. The van der Waals surface area contributed by atoms with E-state index in [2.05, 4.69) is 22.5 Å². The Morgan fingerprint density at radius 2 is 1.95 bits per heavy atom. The summed E-state index contributed by atoms with van der Waals surface area (Å²) in [5, 5.41) is 3.41. The van der Waals surface area contributed by atoms with E-state index in [1.54, 1.807) is 6.20 Å². The first-order chi connectivity index (χ1) is 9.84. The number of anilines is 1. The molecule has 1 aromatic heterocycles. The van der Waals surface area contributed by atoms with Crippen molar-refractivity contribution in [2.75, 3.05) is 18.4 Å². The average Bonchev–Trinajstić information content (AvgIpc) is 3.01. The maximum atomic E-state index is 12.6. The van der Waals surface area contributed by atoms with Gasteiger partial charge in [0.1, 0.15) is 5.82 Å². The first-order valence-electron chi connectivity index (χ1n) is 7.50. The second-order valence-electron chi connectivity index (χ2n) is 5.54. The Labute approximate surface area is 119 Å². The second kappa shape index (κ2) is 6.07. The Morgan fingerprint density at radius 3 is 2.70 bits per heavy atom. The topological polar surface area (TPSA) is 45.2 Å². The van der Waals surface area contributed by atoms with E-state index in [1.165, 1.54) is 6.42 Å². The third-order valence-corrected chi connectivity index (χ3v) is 4.03. The van der Waals surface area contributed by atoms with Crippen molar-refractivity contribution in [2.24, 2.45) is 0 Å². The third-order valence-electron chi connectivity index (χ3n) is 4.03. The number of aromatic nitrogens is 1. The lowest BCUT2D eigenvalue weighted by molar-refractivity contribution is 0.0725. The molecule has 0 spiro atoms. The number of nitrogens with zero attached hydrogens (tertiary/aromatic N) is 2. The molecule has 1 fully saturated rings.